The number of esters is 1. The van der Waals surface area contributed by atoms with Gasteiger partial charge in [-0.3, -0.25) is 4.79 Å². The summed E-state index contributed by atoms with van der Waals surface area (Å²) in [6.07, 6.45) is 0.870. The molecular weight excluding hydrogens is 206 g/mol. The van der Waals surface area contributed by atoms with Crippen LogP contribution in [-0.2, 0) is 9.53 Å². The number of ether oxygens (including phenoxy) is 1. The lowest BCUT2D eigenvalue weighted by molar-refractivity contribution is -0.144. The van der Waals surface area contributed by atoms with Gasteiger partial charge in [-0.2, -0.15) is 0 Å². The molecule has 16 heavy (non-hydrogen) atoms. The van der Waals surface area contributed by atoms with Gasteiger partial charge >= 0.3 is 5.97 Å². The monoisotopic (exact) mass is 223 g/mol. The van der Waals surface area contributed by atoms with Crippen LogP contribution in [-0.4, -0.2) is 17.7 Å². The molecule has 0 heterocycles. The van der Waals surface area contributed by atoms with E-state index in [1.165, 1.54) is 0 Å². The van der Waals surface area contributed by atoms with Gasteiger partial charge in [0.25, 0.3) is 0 Å². The highest BCUT2D eigenvalue weighted by molar-refractivity contribution is 5.70. The summed E-state index contributed by atoms with van der Waals surface area (Å²) in [5.41, 5.74) is 6.37. The highest BCUT2D eigenvalue weighted by atomic mass is 16.5. The standard InChI is InChI=1S/C12H17NO3/c1-2-7-16-12(15)8-10(13)9-5-3-4-6-11(9)14/h3-6,10,14H,2,7-8,13H2,1H3. The number of phenols is 1. The van der Waals surface area contributed by atoms with Crippen molar-refractivity contribution in [2.75, 3.05) is 6.61 Å². The predicted molar refractivity (Wildman–Crippen MR) is 60.9 cm³/mol. The lowest BCUT2D eigenvalue weighted by atomic mass is 10.0. The Morgan fingerprint density at radius 1 is 1.50 bits per heavy atom. The van der Waals surface area contributed by atoms with E-state index in [2.05, 4.69) is 0 Å². The Hall–Kier alpha value is -1.55. The summed E-state index contributed by atoms with van der Waals surface area (Å²) >= 11 is 0. The van der Waals surface area contributed by atoms with Gasteiger partial charge in [0.2, 0.25) is 0 Å². The molecular formula is C12H17NO3. The normalized spacial score (nSPS) is 12.1. The van der Waals surface area contributed by atoms with Crippen molar-refractivity contribution in [3.8, 4) is 5.75 Å². The first-order valence-electron chi connectivity index (χ1n) is 5.34. The van der Waals surface area contributed by atoms with E-state index in [0.29, 0.717) is 12.2 Å². The summed E-state index contributed by atoms with van der Waals surface area (Å²) < 4.78 is 4.92. The minimum absolute atomic E-state index is 0.0809. The molecule has 4 nitrogen and oxygen atoms in total. The molecule has 0 saturated carbocycles. The third-order valence-electron chi connectivity index (χ3n) is 2.19. The van der Waals surface area contributed by atoms with Crippen molar-refractivity contribution in [3.05, 3.63) is 29.8 Å². The van der Waals surface area contributed by atoms with Crippen LogP contribution >= 0.6 is 0 Å². The van der Waals surface area contributed by atoms with Gasteiger partial charge in [-0.25, -0.2) is 0 Å². The van der Waals surface area contributed by atoms with Crippen LogP contribution in [0.15, 0.2) is 24.3 Å². The Bertz CT molecular complexity index is 352. The van der Waals surface area contributed by atoms with Crippen molar-refractivity contribution in [2.45, 2.75) is 25.8 Å². The number of hydrogen-bond donors (Lipinski definition) is 2. The van der Waals surface area contributed by atoms with E-state index < -0.39 is 6.04 Å². The maximum absolute atomic E-state index is 11.3. The number of phenolic OH excluding ortho intramolecular Hbond substituents is 1. The predicted octanol–water partition coefficient (Wildman–Crippen LogP) is 1.74. The van der Waals surface area contributed by atoms with Gasteiger partial charge in [0.15, 0.2) is 0 Å². The largest absolute Gasteiger partial charge is 0.508 e. The summed E-state index contributed by atoms with van der Waals surface area (Å²) in [7, 11) is 0. The van der Waals surface area contributed by atoms with Crippen LogP contribution in [0.1, 0.15) is 31.4 Å². The quantitative estimate of drug-likeness (QED) is 0.746. The van der Waals surface area contributed by atoms with E-state index in [4.69, 9.17) is 10.5 Å². The Labute approximate surface area is 95.0 Å². The van der Waals surface area contributed by atoms with Crippen molar-refractivity contribution >= 4 is 5.97 Å². The summed E-state index contributed by atoms with van der Waals surface area (Å²) in [4.78, 5) is 11.3. The second-order valence-electron chi connectivity index (χ2n) is 3.59. The maximum Gasteiger partial charge on any atom is 0.307 e. The number of para-hydroxylation sites is 1. The molecule has 88 valence electrons. The number of hydrogen-bond acceptors (Lipinski definition) is 4. The molecule has 1 unspecified atom stereocenters. The van der Waals surface area contributed by atoms with Gasteiger partial charge in [0, 0.05) is 11.6 Å². The molecule has 3 N–H and O–H groups in total. The van der Waals surface area contributed by atoms with E-state index in [1.807, 2.05) is 6.92 Å². The first kappa shape index (κ1) is 12.5. The van der Waals surface area contributed by atoms with Crippen LogP contribution in [0.4, 0.5) is 0 Å². The highest BCUT2D eigenvalue weighted by Crippen LogP contribution is 2.24. The molecule has 0 aliphatic carbocycles. The zero-order valence-corrected chi connectivity index (χ0v) is 9.35. The van der Waals surface area contributed by atoms with Crippen molar-refractivity contribution in [1.29, 1.82) is 0 Å². The summed E-state index contributed by atoms with van der Waals surface area (Å²) in [6.45, 7) is 2.34. The molecule has 0 aliphatic rings. The fourth-order valence-electron chi connectivity index (χ4n) is 1.37. The lowest BCUT2D eigenvalue weighted by Crippen LogP contribution is -2.17. The van der Waals surface area contributed by atoms with Gasteiger partial charge in [0.1, 0.15) is 5.75 Å². The average Bonchev–Trinajstić information content (AvgIpc) is 2.26. The van der Waals surface area contributed by atoms with Crippen molar-refractivity contribution < 1.29 is 14.6 Å². The fraction of sp³-hybridized carbons (Fsp3) is 0.417. The number of nitrogens with two attached hydrogens (primary N) is 1. The Kier molecular flexibility index (Phi) is 4.79. The topological polar surface area (TPSA) is 72.5 Å². The number of benzene rings is 1. The Morgan fingerprint density at radius 2 is 2.19 bits per heavy atom. The molecule has 0 saturated heterocycles. The minimum atomic E-state index is -0.523. The highest BCUT2D eigenvalue weighted by Gasteiger charge is 2.15. The van der Waals surface area contributed by atoms with Crippen molar-refractivity contribution in [1.82, 2.24) is 0 Å². The molecule has 0 radical (unpaired) electrons. The summed E-state index contributed by atoms with van der Waals surface area (Å²) in [5.74, 6) is -0.226. The number of rotatable bonds is 5. The third kappa shape index (κ3) is 3.55. The summed E-state index contributed by atoms with van der Waals surface area (Å²) in [5, 5.41) is 9.54. The first-order valence-corrected chi connectivity index (χ1v) is 5.34. The Morgan fingerprint density at radius 3 is 2.81 bits per heavy atom. The van der Waals surface area contributed by atoms with Crippen molar-refractivity contribution in [3.63, 3.8) is 0 Å². The van der Waals surface area contributed by atoms with Gasteiger partial charge in [0.05, 0.1) is 13.0 Å². The fourth-order valence-corrected chi connectivity index (χ4v) is 1.37. The van der Waals surface area contributed by atoms with Gasteiger partial charge in [-0.05, 0) is 12.5 Å². The summed E-state index contributed by atoms with van der Waals surface area (Å²) in [6, 6.07) is 6.21. The first-order chi connectivity index (χ1) is 7.65. The zero-order valence-electron chi connectivity index (χ0n) is 9.35. The van der Waals surface area contributed by atoms with E-state index in [1.54, 1.807) is 24.3 Å². The SMILES string of the molecule is CCCOC(=O)CC(N)c1ccccc1O. The zero-order chi connectivity index (χ0) is 12.0. The van der Waals surface area contributed by atoms with E-state index in [9.17, 15) is 9.90 Å². The van der Waals surface area contributed by atoms with Crippen LogP contribution in [0.2, 0.25) is 0 Å². The van der Waals surface area contributed by atoms with Gasteiger partial charge < -0.3 is 15.6 Å². The molecule has 4 heteroatoms. The minimum Gasteiger partial charge on any atom is -0.508 e. The number of aromatic hydroxyl groups is 1. The van der Waals surface area contributed by atoms with E-state index in [0.717, 1.165) is 6.42 Å². The number of carbonyl (C=O) groups excluding carboxylic acids is 1. The van der Waals surface area contributed by atoms with E-state index in [-0.39, 0.29) is 18.1 Å². The smallest absolute Gasteiger partial charge is 0.307 e. The van der Waals surface area contributed by atoms with Crippen LogP contribution in [0.3, 0.4) is 0 Å². The molecule has 1 aromatic rings. The van der Waals surface area contributed by atoms with E-state index >= 15 is 0 Å². The molecule has 1 rings (SSSR count). The third-order valence-corrected chi connectivity index (χ3v) is 2.19. The lowest BCUT2D eigenvalue weighted by Gasteiger charge is -2.12. The average molecular weight is 223 g/mol. The second-order valence-corrected chi connectivity index (χ2v) is 3.59. The molecule has 0 aromatic heterocycles. The van der Waals surface area contributed by atoms with Crippen molar-refractivity contribution in [2.24, 2.45) is 5.73 Å². The van der Waals surface area contributed by atoms with Gasteiger partial charge in [-0.1, -0.05) is 25.1 Å². The van der Waals surface area contributed by atoms with Gasteiger partial charge in [-0.15, -0.1) is 0 Å². The second kappa shape index (κ2) is 6.12. The molecule has 0 amide bonds. The maximum atomic E-state index is 11.3. The van der Waals surface area contributed by atoms with Crippen LogP contribution in [0.25, 0.3) is 0 Å². The Balaban J connectivity index is 2.55. The molecule has 1 aromatic carbocycles. The molecule has 0 spiro atoms. The van der Waals surface area contributed by atoms with Crippen LogP contribution in [0, 0.1) is 0 Å². The van der Waals surface area contributed by atoms with Crippen LogP contribution < -0.4 is 5.73 Å². The molecule has 0 aliphatic heterocycles. The van der Waals surface area contributed by atoms with Crippen LogP contribution in [0.5, 0.6) is 5.75 Å². The molecule has 1 atom stereocenters. The number of carbonyl (C=O) groups is 1. The molecule has 0 fully saturated rings. The molecule has 0 bridgehead atoms.